The van der Waals surface area contributed by atoms with Gasteiger partial charge < -0.3 is 4.90 Å². The van der Waals surface area contributed by atoms with Gasteiger partial charge in [0, 0.05) is 23.6 Å². The zero-order valence-electron chi connectivity index (χ0n) is 11.3. The van der Waals surface area contributed by atoms with Gasteiger partial charge >= 0.3 is 0 Å². The average molecular weight is 266 g/mol. The first-order chi connectivity index (χ1) is 8.57. The van der Waals surface area contributed by atoms with E-state index in [-0.39, 0.29) is 5.91 Å². The monoisotopic (exact) mass is 266 g/mol. The highest BCUT2D eigenvalue weighted by Crippen LogP contribution is 2.38. The smallest absolute Gasteiger partial charge is 0.243 e. The molecule has 0 radical (unpaired) electrons. The fourth-order valence-electron chi connectivity index (χ4n) is 3.18. The highest BCUT2D eigenvalue weighted by atomic mass is 32.2. The van der Waals surface area contributed by atoms with Crippen LogP contribution in [0.25, 0.3) is 0 Å². The Bertz CT molecular complexity index is 347. The zero-order chi connectivity index (χ0) is 13.2. The number of hydrogen-bond acceptors (Lipinski definition) is 3. The van der Waals surface area contributed by atoms with E-state index in [1.807, 2.05) is 16.7 Å². The van der Waals surface area contributed by atoms with Gasteiger partial charge in [-0.3, -0.25) is 4.79 Å². The Hall–Kier alpha value is -0.690. The van der Waals surface area contributed by atoms with Gasteiger partial charge in [-0.05, 0) is 12.8 Å². The maximum atomic E-state index is 12.7. The number of thioether (sulfide) groups is 1. The Morgan fingerprint density at radius 1 is 1.22 bits per heavy atom. The molecule has 0 N–H and O–H groups in total. The maximum absolute atomic E-state index is 12.7. The lowest BCUT2D eigenvalue weighted by molar-refractivity contribution is -0.140. The maximum Gasteiger partial charge on any atom is 0.243 e. The van der Waals surface area contributed by atoms with Crippen LogP contribution >= 0.6 is 11.8 Å². The minimum absolute atomic E-state index is 0.101. The summed E-state index contributed by atoms with van der Waals surface area (Å²) in [6.45, 7) is 5.94. The first-order valence-corrected chi connectivity index (χ1v) is 7.88. The van der Waals surface area contributed by atoms with Gasteiger partial charge in [0.15, 0.2) is 0 Å². The van der Waals surface area contributed by atoms with Crippen molar-refractivity contribution in [2.24, 2.45) is 5.41 Å². The fraction of sp³-hybridized carbons (Fsp3) is 0.857. The molecule has 18 heavy (non-hydrogen) atoms. The number of amides is 1. The third kappa shape index (κ3) is 2.66. The van der Waals surface area contributed by atoms with Crippen LogP contribution in [0.2, 0.25) is 0 Å². The summed E-state index contributed by atoms with van der Waals surface area (Å²) in [6, 6.07) is 2.35. The minimum Gasteiger partial charge on any atom is -0.339 e. The molecule has 1 heterocycles. The minimum atomic E-state index is -0.709. The molecule has 1 saturated heterocycles. The third-order valence-electron chi connectivity index (χ3n) is 4.04. The van der Waals surface area contributed by atoms with Crippen LogP contribution in [0.4, 0.5) is 0 Å². The molecule has 2 fully saturated rings. The Labute approximate surface area is 114 Å². The van der Waals surface area contributed by atoms with E-state index in [0.29, 0.717) is 10.5 Å². The molecular weight excluding hydrogens is 244 g/mol. The van der Waals surface area contributed by atoms with Gasteiger partial charge in [-0.2, -0.15) is 17.0 Å². The molecule has 1 saturated carbocycles. The van der Waals surface area contributed by atoms with Crippen molar-refractivity contribution in [3.8, 4) is 6.07 Å². The SMILES string of the molecule is CC1CN(C(=O)C2(C#N)CCCCC2)CC(C)S1. The van der Waals surface area contributed by atoms with Crippen molar-refractivity contribution in [3.05, 3.63) is 0 Å². The molecule has 0 spiro atoms. The molecule has 0 aromatic carbocycles. The molecular formula is C14H22N2OS. The average Bonchev–Trinajstić information content (AvgIpc) is 2.37. The van der Waals surface area contributed by atoms with Crippen LogP contribution in [0.15, 0.2) is 0 Å². The van der Waals surface area contributed by atoms with Gasteiger partial charge in [0.1, 0.15) is 5.41 Å². The van der Waals surface area contributed by atoms with Gasteiger partial charge in [0.2, 0.25) is 5.91 Å². The lowest BCUT2D eigenvalue weighted by Gasteiger charge is -2.40. The quantitative estimate of drug-likeness (QED) is 0.733. The van der Waals surface area contributed by atoms with Crippen molar-refractivity contribution in [3.63, 3.8) is 0 Å². The number of nitrogens with zero attached hydrogens (tertiary/aromatic N) is 2. The number of hydrogen-bond donors (Lipinski definition) is 0. The summed E-state index contributed by atoms with van der Waals surface area (Å²) in [5.41, 5.74) is -0.709. The normalized spacial score (nSPS) is 31.7. The second-order valence-corrected chi connectivity index (χ2v) is 7.60. The molecule has 1 aliphatic heterocycles. The molecule has 100 valence electrons. The topological polar surface area (TPSA) is 44.1 Å². The third-order valence-corrected chi connectivity index (χ3v) is 5.26. The van der Waals surface area contributed by atoms with Crippen LogP contribution in [0.3, 0.4) is 0 Å². The summed E-state index contributed by atoms with van der Waals surface area (Å²) < 4.78 is 0. The Morgan fingerprint density at radius 2 is 1.78 bits per heavy atom. The van der Waals surface area contributed by atoms with E-state index in [0.717, 1.165) is 38.8 Å². The lowest BCUT2D eigenvalue weighted by Crippen LogP contribution is -2.50. The van der Waals surface area contributed by atoms with Crippen LogP contribution in [0, 0.1) is 16.7 Å². The van der Waals surface area contributed by atoms with Crippen LogP contribution in [0.5, 0.6) is 0 Å². The van der Waals surface area contributed by atoms with E-state index in [9.17, 15) is 10.1 Å². The van der Waals surface area contributed by atoms with E-state index in [4.69, 9.17) is 0 Å². The predicted molar refractivity (Wildman–Crippen MR) is 74.2 cm³/mol. The van der Waals surface area contributed by atoms with Crippen LogP contribution in [-0.2, 0) is 4.79 Å². The van der Waals surface area contributed by atoms with Gasteiger partial charge in [-0.25, -0.2) is 0 Å². The highest BCUT2D eigenvalue weighted by Gasteiger charge is 2.43. The summed E-state index contributed by atoms with van der Waals surface area (Å²) in [7, 11) is 0. The Kier molecular flexibility index (Phi) is 4.21. The molecule has 0 aromatic rings. The zero-order valence-corrected chi connectivity index (χ0v) is 12.1. The summed E-state index contributed by atoms with van der Waals surface area (Å²) in [5.74, 6) is 0.101. The summed E-state index contributed by atoms with van der Waals surface area (Å²) in [5, 5.41) is 10.4. The number of carbonyl (C=O) groups is 1. The van der Waals surface area contributed by atoms with E-state index < -0.39 is 5.41 Å². The molecule has 2 unspecified atom stereocenters. The Balaban J connectivity index is 2.11. The summed E-state index contributed by atoms with van der Waals surface area (Å²) in [4.78, 5) is 14.6. The van der Waals surface area contributed by atoms with Crippen molar-refractivity contribution in [2.45, 2.75) is 56.5 Å². The van der Waals surface area contributed by atoms with Gasteiger partial charge in [-0.15, -0.1) is 0 Å². The predicted octanol–water partition coefficient (Wildman–Crippen LogP) is 2.81. The number of nitriles is 1. The molecule has 0 aromatic heterocycles. The van der Waals surface area contributed by atoms with E-state index in [2.05, 4.69) is 19.9 Å². The summed E-state index contributed by atoms with van der Waals surface area (Å²) >= 11 is 1.94. The van der Waals surface area contributed by atoms with Crippen LogP contribution in [0.1, 0.15) is 46.0 Å². The summed E-state index contributed by atoms with van der Waals surface area (Å²) in [6.07, 6.45) is 4.73. The van der Waals surface area contributed by atoms with E-state index in [1.54, 1.807) is 0 Å². The van der Waals surface area contributed by atoms with Crippen molar-refractivity contribution in [1.82, 2.24) is 4.90 Å². The molecule has 4 heteroatoms. The van der Waals surface area contributed by atoms with Crippen molar-refractivity contribution in [1.29, 1.82) is 5.26 Å². The van der Waals surface area contributed by atoms with Gasteiger partial charge in [0.25, 0.3) is 0 Å². The molecule has 1 aliphatic carbocycles. The molecule has 2 atom stereocenters. The van der Waals surface area contributed by atoms with Crippen molar-refractivity contribution in [2.75, 3.05) is 13.1 Å². The number of carbonyl (C=O) groups excluding carboxylic acids is 1. The first-order valence-electron chi connectivity index (χ1n) is 6.93. The lowest BCUT2D eigenvalue weighted by atomic mass is 9.74. The second kappa shape index (κ2) is 5.52. The van der Waals surface area contributed by atoms with E-state index >= 15 is 0 Å². The van der Waals surface area contributed by atoms with Gasteiger partial charge in [0.05, 0.1) is 6.07 Å². The van der Waals surface area contributed by atoms with Crippen molar-refractivity contribution >= 4 is 17.7 Å². The molecule has 2 aliphatic rings. The highest BCUT2D eigenvalue weighted by molar-refractivity contribution is 8.00. The van der Waals surface area contributed by atoms with Crippen LogP contribution in [-0.4, -0.2) is 34.4 Å². The first kappa shape index (κ1) is 13.7. The number of rotatable bonds is 1. The Morgan fingerprint density at radius 3 is 2.28 bits per heavy atom. The second-order valence-electron chi connectivity index (χ2n) is 5.72. The van der Waals surface area contributed by atoms with Gasteiger partial charge in [-0.1, -0.05) is 33.1 Å². The van der Waals surface area contributed by atoms with Crippen molar-refractivity contribution < 1.29 is 4.79 Å². The standard InChI is InChI=1S/C14H22N2OS/c1-11-8-16(9-12(2)18-11)13(17)14(10-15)6-4-3-5-7-14/h11-12H,3-9H2,1-2H3. The largest absolute Gasteiger partial charge is 0.339 e. The van der Waals surface area contributed by atoms with E-state index in [1.165, 1.54) is 6.42 Å². The van der Waals surface area contributed by atoms with Crippen LogP contribution < -0.4 is 0 Å². The molecule has 0 bridgehead atoms. The molecule has 2 rings (SSSR count). The molecule has 3 nitrogen and oxygen atoms in total. The molecule has 1 amide bonds. The fourth-order valence-corrected chi connectivity index (χ4v) is 4.50.